The highest BCUT2D eigenvalue weighted by Gasteiger charge is 2.46. The fourth-order valence-electron chi connectivity index (χ4n) is 4.07. The highest BCUT2D eigenvalue weighted by Crippen LogP contribution is 2.50. The van der Waals surface area contributed by atoms with E-state index in [1.807, 2.05) is 6.07 Å². The molecule has 142 valence electrons. The van der Waals surface area contributed by atoms with Gasteiger partial charge >= 0.3 is 10.1 Å². The first-order chi connectivity index (χ1) is 12.8. The Morgan fingerprint density at radius 3 is 2.89 bits per heavy atom. The van der Waals surface area contributed by atoms with Crippen LogP contribution >= 0.6 is 0 Å². The van der Waals surface area contributed by atoms with Crippen molar-refractivity contribution in [2.24, 2.45) is 4.99 Å². The van der Waals surface area contributed by atoms with E-state index in [4.69, 9.17) is 8.60 Å². The van der Waals surface area contributed by atoms with E-state index in [2.05, 4.69) is 4.99 Å². The van der Waals surface area contributed by atoms with E-state index >= 15 is 0 Å². The molecule has 0 unspecified atom stereocenters. The first-order valence-corrected chi connectivity index (χ1v) is 10.5. The molecule has 1 fully saturated rings. The first-order valence-electron chi connectivity index (χ1n) is 8.67. The smallest absolute Gasteiger partial charge is 0.306 e. The Labute approximate surface area is 155 Å². The summed E-state index contributed by atoms with van der Waals surface area (Å²) in [6, 6.07) is 5.95. The van der Waals surface area contributed by atoms with Gasteiger partial charge in [-0.2, -0.15) is 8.42 Å². The predicted molar refractivity (Wildman–Crippen MR) is 97.8 cm³/mol. The molecule has 0 amide bonds. The largest absolute Gasteiger partial charge is 0.465 e. The fraction of sp³-hybridized carbons (Fsp3) is 0.368. The molecule has 1 aromatic carbocycles. The molecule has 2 aliphatic rings. The third-order valence-electron chi connectivity index (χ3n) is 5.17. The summed E-state index contributed by atoms with van der Waals surface area (Å²) in [5.41, 5.74) is 0.700. The van der Waals surface area contributed by atoms with Gasteiger partial charge in [0.2, 0.25) is 11.2 Å². The van der Waals surface area contributed by atoms with Gasteiger partial charge in [0.1, 0.15) is 11.5 Å². The summed E-state index contributed by atoms with van der Waals surface area (Å²) in [6.07, 6.45) is 5.55. The number of fused-ring (bicyclic) bond motifs is 3. The van der Waals surface area contributed by atoms with Gasteiger partial charge in [-0.25, -0.2) is 4.39 Å². The van der Waals surface area contributed by atoms with Gasteiger partial charge in [-0.05, 0) is 30.9 Å². The van der Waals surface area contributed by atoms with Crippen LogP contribution in [0, 0.1) is 5.82 Å². The lowest BCUT2D eigenvalue weighted by molar-refractivity contribution is 0.380. The molecule has 1 aliphatic heterocycles. The molecule has 0 bridgehead atoms. The Kier molecular flexibility index (Phi) is 4.18. The summed E-state index contributed by atoms with van der Waals surface area (Å²) >= 11 is 0. The number of hydrogen-bond acceptors (Lipinski definition) is 6. The van der Waals surface area contributed by atoms with E-state index in [9.17, 15) is 17.6 Å². The van der Waals surface area contributed by atoms with Gasteiger partial charge in [0.25, 0.3) is 0 Å². The molecule has 0 N–H and O–H groups in total. The van der Waals surface area contributed by atoms with Gasteiger partial charge in [-0.3, -0.25) is 9.79 Å². The number of halogens is 1. The van der Waals surface area contributed by atoms with Crippen LogP contribution in [0.25, 0.3) is 0 Å². The Hall–Kier alpha value is -2.48. The van der Waals surface area contributed by atoms with Crippen molar-refractivity contribution >= 4 is 21.5 Å². The third kappa shape index (κ3) is 3.07. The van der Waals surface area contributed by atoms with Crippen LogP contribution in [-0.2, 0) is 22.0 Å². The van der Waals surface area contributed by atoms with Crippen LogP contribution in [0.3, 0.4) is 0 Å². The molecule has 1 atom stereocenters. The van der Waals surface area contributed by atoms with E-state index in [0.717, 1.165) is 36.4 Å². The van der Waals surface area contributed by atoms with Crippen molar-refractivity contribution < 1.29 is 21.4 Å². The average molecular weight is 391 g/mol. The second-order valence-corrected chi connectivity index (χ2v) is 8.56. The van der Waals surface area contributed by atoms with Crippen molar-refractivity contribution in [3.05, 3.63) is 57.9 Å². The minimum atomic E-state index is -3.90. The monoisotopic (exact) mass is 391 g/mol. The summed E-state index contributed by atoms with van der Waals surface area (Å²) in [5, 5.41) is 0. The maximum atomic E-state index is 14.3. The number of rotatable bonds is 4. The topological polar surface area (TPSA) is 85.9 Å². The molecule has 2 heterocycles. The molecule has 1 saturated carbocycles. The Balaban J connectivity index is 1.85. The van der Waals surface area contributed by atoms with Crippen LogP contribution < -0.4 is 9.61 Å². The first kappa shape index (κ1) is 17.9. The summed E-state index contributed by atoms with van der Waals surface area (Å²) < 4.78 is 47.9. The van der Waals surface area contributed by atoms with Gasteiger partial charge in [0.15, 0.2) is 5.76 Å². The van der Waals surface area contributed by atoms with Gasteiger partial charge in [-0.15, -0.1) is 0 Å². The van der Waals surface area contributed by atoms with Gasteiger partial charge in [0.05, 0.1) is 12.5 Å². The van der Waals surface area contributed by atoms with Crippen molar-refractivity contribution in [3.8, 4) is 5.75 Å². The van der Waals surface area contributed by atoms with Crippen molar-refractivity contribution in [1.29, 1.82) is 0 Å². The molecule has 27 heavy (non-hydrogen) atoms. The SMILES string of the molecule is CS(=O)(=O)Oc1c(C[C@@]23CCCCC2=Nc2c(F)cccc23)occc1=O. The van der Waals surface area contributed by atoms with Crippen LogP contribution in [0.5, 0.6) is 5.75 Å². The minimum Gasteiger partial charge on any atom is -0.465 e. The van der Waals surface area contributed by atoms with Crippen molar-refractivity contribution in [1.82, 2.24) is 0 Å². The molecule has 1 aliphatic carbocycles. The normalized spacial score (nSPS) is 21.3. The molecule has 0 saturated heterocycles. The molecular formula is C19H18FNO5S. The van der Waals surface area contributed by atoms with E-state index in [-0.39, 0.29) is 17.9 Å². The number of aliphatic imine (C=N–C) groups is 1. The van der Waals surface area contributed by atoms with Crippen molar-refractivity contribution in [3.63, 3.8) is 0 Å². The fourth-order valence-corrected chi connectivity index (χ4v) is 4.55. The number of hydrogen-bond donors (Lipinski definition) is 0. The minimum absolute atomic E-state index is 0.125. The highest BCUT2D eigenvalue weighted by atomic mass is 32.2. The van der Waals surface area contributed by atoms with Crippen LogP contribution in [0.1, 0.15) is 37.0 Å². The van der Waals surface area contributed by atoms with Gasteiger partial charge in [-0.1, -0.05) is 18.6 Å². The van der Waals surface area contributed by atoms with Crippen molar-refractivity contribution in [2.45, 2.75) is 37.5 Å². The summed E-state index contributed by atoms with van der Waals surface area (Å²) in [6.45, 7) is 0. The Morgan fingerprint density at radius 1 is 1.30 bits per heavy atom. The summed E-state index contributed by atoms with van der Waals surface area (Å²) in [4.78, 5) is 16.7. The second-order valence-electron chi connectivity index (χ2n) is 6.99. The zero-order valence-corrected chi connectivity index (χ0v) is 15.5. The van der Waals surface area contributed by atoms with Crippen molar-refractivity contribution in [2.75, 3.05) is 6.26 Å². The van der Waals surface area contributed by atoms with E-state index in [1.165, 1.54) is 12.3 Å². The number of benzene rings is 1. The van der Waals surface area contributed by atoms with Crippen LogP contribution in [0.4, 0.5) is 10.1 Å². The lowest BCUT2D eigenvalue weighted by Crippen LogP contribution is -2.38. The molecule has 4 rings (SSSR count). The molecule has 0 radical (unpaired) electrons. The lowest BCUT2D eigenvalue weighted by atomic mass is 9.66. The average Bonchev–Trinajstić information content (AvgIpc) is 2.93. The zero-order valence-electron chi connectivity index (χ0n) is 14.7. The van der Waals surface area contributed by atoms with E-state index in [0.29, 0.717) is 18.5 Å². The van der Waals surface area contributed by atoms with Gasteiger partial charge in [0, 0.05) is 23.6 Å². The van der Waals surface area contributed by atoms with Crippen LogP contribution in [-0.4, -0.2) is 20.4 Å². The quantitative estimate of drug-likeness (QED) is 0.747. The molecule has 6 nitrogen and oxygen atoms in total. The standard InChI is InChI=1S/C19H18FNO5S/c1-27(23,24)26-18-14(22)8-10-25-15(18)11-19-9-3-2-7-16(19)21-17-12(19)5-4-6-13(17)20/h4-6,8,10H,2-3,7,9,11H2,1H3/t19-/m1/s1. The molecule has 0 spiro atoms. The van der Waals surface area contributed by atoms with Crippen LogP contribution in [0.15, 0.2) is 44.7 Å². The second kappa shape index (κ2) is 6.30. The molecule has 1 aromatic heterocycles. The van der Waals surface area contributed by atoms with Crippen LogP contribution in [0.2, 0.25) is 0 Å². The number of nitrogens with zero attached hydrogens (tertiary/aromatic N) is 1. The van der Waals surface area contributed by atoms with Gasteiger partial charge < -0.3 is 8.60 Å². The molecular weight excluding hydrogens is 373 g/mol. The maximum Gasteiger partial charge on any atom is 0.306 e. The Morgan fingerprint density at radius 2 is 2.11 bits per heavy atom. The van der Waals surface area contributed by atoms with E-state index in [1.54, 1.807) is 6.07 Å². The lowest BCUT2D eigenvalue weighted by Gasteiger charge is -2.35. The molecule has 2 aromatic rings. The molecule has 8 heteroatoms. The highest BCUT2D eigenvalue weighted by molar-refractivity contribution is 7.86. The maximum absolute atomic E-state index is 14.3. The Bertz CT molecular complexity index is 1110. The summed E-state index contributed by atoms with van der Waals surface area (Å²) in [7, 11) is -3.90. The number of para-hydroxylation sites is 1. The third-order valence-corrected chi connectivity index (χ3v) is 5.64. The predicted octanol–water partition coefficient (Wildman–Crippen LogP) is 3.26. The van der Waals surface area contributed by atoms with E-state index < -0.39 is 26.8 Å². The summed E-state index contributed by atoms with van der Waals surface area (Å²) in [5.74, 6) is -0.611. The zero-order chi connectivity index (χ0) is 19.2.